The van der Waals surface area contributed by atoms with Crippen molar-refractivity contribution in [2.24, 2.45) is 0 Å². The maximum atomic E-state index is 13.8. The van der Waals surface area contributed by atoms with Crippen LogP contribution in [0.3, 0.4) is 0 Å². The molecule has 1 heterocycles. The summed E-state index contributed by atoms with van der Waals surface area (Å²) in [5.41, 5.74) is 2.76. The summed E-state index contributed by atoms with van der Waals surface area (Å²) in [7, 11) is 0. The van der Waals surface area contributed by atoms with Gasteiger partial charge in [-0.05, 0) is 60.5 Å². The van der Waals surface area contributed by atoms with Crippen molar-refractivity contribution in [3.05, 3.63) is 71.3 Å². The Hall–Kier alpha value is -2.46. The monoisotopic (exact) mass is 345 g/mol. The SMILES string of the molecule is CCOc1cc(-c2ccc(Cl)c(F)c2)cc(-c2ccc(F)cc2)n1. The Labute approximate surface area is 143 Å². The number of hydrogen-bond acceptors (Lipinski definition) is 2. The zero-order valence-electron chi connectivity index (χ0n) is 12.9. The van der Waals surface area contributed by atoms with Crippen LogP contribution in [0.15, 0.2) is 54.6 Å². The van der Waals surface area contributed by atoms with Gasteiger partial charge in [-0.25, -0.2) is 13.8 Å². The van der Waals surface area contributed by atoms with E-state index in [1.807, 2.05) is 6.92 Å². The highest BCUT2D eigenvalue weighted by molar-refractivity contribution is 6.30. The van der Waals surface area contributed by atoms with Crippen LogP contribution in [0.25, 0.3) is 22.4 Å². The first kappa shape index (κ1) is 16.4. The highest BCUT2D eigenvalue weighted by atomic mass is 35.5. The number of halogens is 3. The molecule has 5 heteroatoms. The quantitative estimate of drug-likeness (QED) is 0.601. The molecule has 0 bridgehead atoms. The number of benzene rings is 2. The number of ether oxygens (including phenoxy) is 1. The third-order valence-electron chi connectivity index (χ3n) is 3.49. The Bertz CT molecular complexity index is 866. The first-order valence-electron chi connectivity index (χ1n) is 7.43. The summed E-state index contributed by atoms with van der Waals surface area (Å²) in [4.78, 5) is 4.42. The molecular weight excluding hydrogens is 332 g/mol. The highest BCUT2D eigenvalue weighted by Crippen LogP contribution is 2.30. The molecule has 0 amide bonds. The van der Waals surface area contributed by atoms with Crippen LogP contribution in [0.4, 0.5) is 8.78 Å². The van der Waals surface area contributed by atoms with E-state index in [0.717, 1.165) is 11.1 Å². The van der Waals surface area contributed by atoms with Crippen LogP contribution >= 0.6 is 11.6 Å². The zero-order valence-corrected chi connectivity index (χ0v) is 13.6. The smallest absolute Gasteiger partial charge is 0.214 e. The summed E-state index contributed by atoms with van der Waals surface area (Å²) in [6.45, 7) is 2.31. The molecule has 1 aromatic heterocycles. The molecule has 0 spiro atoms. The van der Waals surface area contributed by atoms with Gasteiger partial charge in [0, 0.05) is 11.6 Å². The molecule has 0 aliphatic heterocycles. The molecule has 0 saturated carbocycles. The average Bonchev–Trinajstić information content (AvgIpc) is 2.58. The van der Waals surface area contributed by atoms with Crippen molar-refractivity contribution in [2.45, 2.75) is 6.92 Å². The van der Waals surface area contributed by atoms with Gasteiger partial charge in [-0.3, -0.25) is 0 Å². The fraction of sp³-hybridized carbons (Fsp3) is 0.105. The summed E-state index contributed by atoms with van der Waals surface area (Å²) >= 11 is 5.74. The first-order chi connectivity index (χ1) is 11.6. The lowest BCUT2D eigenvalue weighted by molar-refractivity contribution is 0.327. The van der Waals surface area contributed by atoms with Crippen molar-refractivity contribution in [3.8, 4) is 28.3 Å². The van der Waals surface area contributed by atoms with E-state index in [-0.39, 0.29) is 10.8 Å². The fourth-order valence-corrected chi connectivity index (χ4v) is 2.46. The molecule has 0 atom stereocenters. The summed E-state index contributed by atoms with van der Waals surface area (Å²) in [5.74, 6) is -0.392. The Morgan fingerprint density at radius 3 is 2.29 bits per heavy atom. The molecule has 0 fully saturated rings. The van der Waals surface area contributed by atoms with E-state index in [4.69, 9.17) is 16.3 Å². The van der Waals surface area contributed by atoms with Gasteiger partial charge in [0.05, 0.1) is 17.3 Å². The molecule has 2 aromatic carbocycles. The first-order valence-corrected chi connectivity index (χ1v) is 7.81. The second-order valence-electron chi connectivity index (χ2n) is 5.15. The third-order valence-corrected chi connectivity index (χ3v) is 3.79. The van der Waals surface area contributed by atoms with Gasteiger partial charge in [-0.15, -0.1) is 0 Å². The molecule has 0 saturated heterocycles. The molecule has 0 N–H and O–H groups in total. The summed E-state index contributed by atoms with van der Waals surface area (Å²) in [6, 6.07) is 14.1. The van der Waals surface area contributed by atoms with Crippen molar-refractivity contribution in [1.82, 2.24) is 4.98 Å². The fourth-order valence-electron chi connectivity index (χ4n) is 2.34. The van der Waals surface area contributed by atoms with E-state index in [9.17, 15) is 8.78 Å². The molecule has 3 rings (SSSR count). The van der Waals surface area contributed by atoms with Gasteiger partial charge < -0.3 is 4.74 Å². The predicted octanol–water partition coefficient (Wildman–Crippen LogP) is 5.75. The Balaban J connectivity index is 2.11. The van der Waals surface area contributed by atoms with Gasteiger partial charge in [0.15, 0.2) is 0 Å². The number of pyridine rings is 1. The molecular formula is C19H14ClF2NO. The number of rotatable bonds is 4. The van der Waals surface area contributed by atoms with Gasteiger partial charge in [0.2, 0.25) is 5.88 Å². The maximum absolute atomic E-state index is 13.8. The Morgan fingerprint density at radius 1 is 0.917 bits per heavy atom. The Kier molecular flexibility index (Phi) is 4.76. The van der Waals surface area contributed by atoms with E-state index < -0.39 is 5.82 Å². The lowest BCUT2D eigenvalue weighted by atomic mass is 10.0. The van der Waals surface area contributed by atoms with E-state index in [1.54, 1.807) is 30.3 Å². The van der Waals surface area contributed by atoms with Gasteiger partial charge in [0.25, 0.3) is 0 Å². The minimum Gasteiger partial charge on any atom is -0.478 e. The second-order valence-corrected chi connectivity index (χ2v) is 5.56. The van der Waals surface area contributed by atoms with Crippen LogP contribution in [-0.4, -0.2) is 11.6 Å². The van der Waals surface area contributed by atoms with Crippen LogP contribution in [-0.2, 0) is 0 Å². The van der Waals surface area contributed by atoms with Gasteiger partial charge in [0.1, 0.15) is 11.6 Å². The van der Waals surface area contributed by atoms with E-state index in [0.29, 0.717) is 23.7 Å². The molecule has 0 radical (unpaired) electrons. The molecule has 122 valence electrons. The number of aromatic nitrogens is 1. The molecule has 2 nitrogen and oxygen atoms in total. The normalized spacial score (nSPS) is 10.7. The lowest BCUT2D eigenvalue weighted by Crippen LogP contribution is -1.97. The lowest BCUT2D eigenvalue weighted by Gasteiger charge is -2.10. The standard InChI is InChI=1S/C19H14ClF2NO/c1-2-24-19-11-14(13-5-8-16(20)17(22)9-13)10-18(23-19)12-3-6-15(21)7-4-12/h3-11H,2H2,1H3. The van der Waals surface area contributed by atoms with Gasteiger partial charge >= 0.3 is 0 Å². The van der Waals surface area contributed by atoms with Crippen molar-refractivity contribution in [1.29, 1.82) is 0 Å². The number of nitrogens with zero attached hydrogens (tertiary/aromatic N) is 1. The van der Waals surface area contributed by atoms with Crippen molar-refractivity contribution >= 4 is 11.6 Å². The van der Waals surface area contributed by atoms with Crippen LogP contribution in [0, 0.1) is 11.6 Å². The van der Waals surface area contributed by atoms with Crippen molar-refractivity contribution in [2.75, 3.05) is 6.61 Å². The van der Waals surface area contributed by atoms with E-state index in [2.05, 4.69) is 4.98 Å². The maximum Gasteiger partial charge on any atom is 0.214 e. The van der Waals surface area contributed by atoms with E-state index >= 15 is 0 Å². The van der Waals surface area contributed by atoms with Gasteiger partial charge in [-0.1, -0.05) is 17.7 Å². The molecule has 0 aliphatic carbocycles. The second kappa shape index (κ2) is 6.97. The van der Waals surface area contributed by atoms with Crippen LogP contribution in [0.1, 0.15) is 6.92 Å². The third kappa shape index (κ3) is 3.54. The van der Waals surface area contributed by atoms with Gasteiger partial charge in [-0.2, -0.15) is 0 Å². The molecule has 0 aliphatic rings. The topological polar surface area (TPSA) is 22.1 Å². The summed E-state index contributed by atoms with van der Waals surface area (Å²) in [6.07, 6.45) is 0. The zero-order chi connectivity index (χ0) is 17.1. The highest BCUT2D eigenvalue weighted by Gasteiger charge is 2.10. The van der Waals surface area contributed by atoms with E-state index in [1.165, 1.54) is 24.3 Å². The summed E-state index contributed by atoms with van der Waals surface area (Å²) < 4.78 is 32.4. The van der Waals surface area contributed by atoms with Crippen molar-refractivity contribution in [3.63, 3.8) is 0 Å². The number of hydrogen-bond donors (Lipinski definition) is 0. The van der Waals surface area contributed by atoms with Crippen LogP contribution < -0.4 is 4.74 Å². The molecule has 3 aromatic rings. The minimum atomic E-state index is -0.493. The van der Waals surface area contributed by atoms with Crippen LogP contribution in [0.2, 0.25) is 5.02 Å². The predicted molar refractivity (Wildman–Crippen MR) is 91.2 cm³/mol. The minimum absolute atomic E-state index is 0.0663. The van der Waals surface area contributed by atoms with Crippen LogP contribution in [0.5, 0.6) is 5.88 Å². The molecule has 0 unspecified atom stereocenters. The Morgan fingerprint density at radius 2 is 1.62 bits per heavy atom. The molecule has 24 heavy (non-hydrogen) atoms. The average molecular weight is 346 g/mol. The van der Waals surface area contributed by atoms with Crippen molar-refractivity contribution < 1.29 is 13.5 Å². The summed E-state index contributed by atoms with van der Waals surface area (Å²) in [5, 5.41) is 0.0663. The largest absolute Gasteiger partial charge is 0.478 e.